The van der Waals surface area contributed by atoms with Gasteiger partial charge in [-0.2, -0.15) is 5.10 Å². The van der Waals surface area contributed by atoms with Crippen molar-refractivity contribution >= 4 is 16.7 Å². The van der Waals surface area contributed by atoms with E-state index in [1.54, 1.807) is 7.11 Å². The van der Waals surface area contributed by atoms with E-state index in [4.69, 9.17) is 9.72 Å². The van der Waals surface area contributed by atoms with Gasteiger partial charge in [0.05, 0.1) is 7.11 Å². The highest BCUT2D eigenvalue weighted by Crippen LogP contribution is 2.33. The number of methoxy groups -OCH3 is 1. The van der Waals surface area contributed by atoms with Gasteiger partial charge in [-0.25, -0.2) is 0 Å². The molecule has 6 nitrogen and oxygen atoms in total. The normalized spacial score (nSPS) is 21.2. The monoisotopic (exact) mass is 418 g/mol. The van der Waals surface area contributed by atoms with Crippen LogP contribution in [0.4, 0.5) is 0 Å². The summed E-state index contributed by atoms with van der Waals surface area (Å²) >= 11 is 0. The predicted molar refractivity (Wildman–Crippen MR) is 121 cm³/mol. The molecular weight excluding hydrogens is 388 g/mol. The molecule has 2 aromatic heterocycles. The fourth-order valence-corrected chi connectivity index (χ4v) is 5.21. The maximum atomic E-state index is 13.4. The van der Waals surface area contributed by atoms with E-state index in [-0.39, 0.29) is 11.8 Å². The molecule has 3 aromatic rings. The average Bonchev–Trinajstić information content (AvgIpc) is 3.22. The van der Waals surface area contributed by atoms with Crippen LogP contribution in [-0.4, -0.2) is 46.2 Å². The number of carbonyl (C=O) groups is 1. The second-order valence-corrected chi connectivity index (χ2v) is 9.19. The molecular formula is C25H30N4O2. The van der Waals surface area contributed by atoms with E-state index < -0.39 is 0 Å². The molecule has 0 radical (unpaired) electrons. The Bertz CT molecular complexity index is 1140. The van der Waals surface area contributed by atoms with Crippen LogP contribution in [0.5, 0.6) is 5.75 Å². The fraction of sp³-hybridized carbons (Fsp3) is 0.480. The Hall–Kier alpha value is -2.89. The van der Waals surface area contributed by atoms with Crippen LogP contribution in [0.3, 0.4) is 0 Å². The van der Waals surface area contributed by atoms with Crippen molar-refractivity contribution in [3.63, 3.8) is 0 Å². The zero-order valence-corrected chi connectivity index (χ0v) is 18.6. The molecule has 1 aliphatic heterocycles. The minimum atomic E-state index is 0.0648. The lowest BCUT2D eigenvalue weighted by molar-refractivity contribution is 0.0698. The van der Waals surface area contributed by atoms with Gasteiger partial charge in [0, 0.05) is 47.5 Å². The number of benzene rings is 1. The van der Waals surface area contributed by atoms with Crippen LogP contribution in [0.15, 0.2) is 24.4 Å². The fourth-order valence-electron chi connectivity index (χ4n) is 5.21. The summed E-state index contributed by atoms with van der Waals surface area (Å²) in [6.45, 7) is 5.82. The van der Waals surface area contributed by atoms with E-state index in [1.165, 1.54) is 5.39 Å². The smallest absolute Gasteiger partial charge is 0.274 e. The Kier molecular flexibility index (Phi) is 5.16. The van der Waals surface area contributed by atoms with E-state index in [0.717, 1.165) is 72.3 Å². The zero-order valence-electron chi connectivity index (χ0n) is 18.6. The van der Waals surface area contributed by atoms with E-state index in [1.807, 2.05) is 17.2 Å². The highest BCUT2D eigenvalue weighted by Gasteiger charge is 2.31. The summed E-state index contributed by atoms with van der Waals surface area (Å²) in [5, 5.41) is 9.84. The van der Waals surface area contributed by atoms with E-state index in [2.05, 4.69) is 36.2 Å². The molecule has 1 aromatic carbocycles. The van der Waals surface area contributed by atoms with Gasteiger partial charge in [0.15, 0.2) is 5.69 Å². The standard InChI is InChI=1S/C25H30N4O2/c1-15-6-8-21-20(11-15)24(28-27-21)25(30)29-10-4-5-18(14-29)22-12-19-16(2)23(31-3)9-7-17(19)13-26-22/h7,9,12-13,15,18H,4-6,8,10-11,14H2,1-3H3,(H,27,28). The third kappa shape index (κ3) is 3.58. The first-order valence-electron chi connectivity index (χ1n) is 11.3. The van der Waals surface area contributed by atoms with Gasteiger partial charge in [0.2, 0.25) is 0 Å². The number of piperidine rings is 1. The van der Waals surface area contributed by atoms with Gasteiger partial charge in [-0.3, -0.25) is 14.9 Å². The molecule has 162 valence electrons. The van der Waals surface area contributed by atoms with Crippen molar-refractivity contribution in [2.45, 2.75) is 51.9 Å². The molecule has 2 aliphatic rings. The Morgan fingerprint density at radius 3 is 3.00 bits per heavy atom. The number of aromatic amines is 1. The number of H-pyrrole nitrogens is 1. The first kappa shape index (κ1) is 20.0. The van der Waals surface area contributed by atoms with Crippen LogP contribution >= 0.6 is 0 Å². The van der Waals surface area contributed by atoms with Crippen molar-refractivity contribution in [1.29, 1.82) is 0 Å². The topological polar surface area (TPSA) is 71.1 Å². The number of hydrogen-bond acceptors (Lipinski definition) is 4. The van der Waals surface area contributed by atoms with Crippen LogP contribution in [0, 0.1) is 12.8 Å². The van der Waals surface area contributed by atoms with Crippen LogP contribution in [-0.2, 0) is 12.8 Å². The number of nitrogens with one attached hydrogen (secondary N) is 1. The van der Waals surface area contributed by atoms with Crippen molar-refractivity contribution in [2.75, 3.05) is 20.2 Å². The molecule has 0 bridgehead atoms. The summed E-state index contributed by atoms with van der Waals surface area (Å²) in [5.41, 5.74) is 5.10. The van der Waals surface area contributed by atoms with Gasteiger partial charge >= 0.3 is 0 Å². The summed E-state index contributed by atoms with van der Waals surface area (Å²) in [6.07, 6.45) is 7.06. The zero-order chi connectivity index (χ0) is 21.5. The number of hydrogen-bond donors (Lipinski definition) is 1. The molecule has 0 saturated carbocycles. The number of nitrogens with zero attached hydrogens (tertiary/aromatic N) is 3. The van der Waals surface area contributed by atoms with Crippen LogP contribution < -0.4 is 4.74 Å². The van der Waals surface area contributed by atoms with E-state index in [9.17, 15) is 4.79 Å². The van der Waals surface area contributed by atoms with Crippen molar-refractivity contribution in [2.24, 2.45) is 5.92 Å². The molecule has 3 heterocycles. The molecule has 31 heavy (non-hydrogen) atoms. The third-order valence-electron chi connectivity index (χ3n) is 7.09. The second kappa shape index (κ2) is 7.98. The number of fused-ring (bicyclic) bond motifs is 2. The molecule has 1 aliphatic carbocycles. The number of amides is 1. The molecule has 2 unspecified atom stereocenters. The Labute approximate surface area is 183 Å². The van der Waals surface area contributed by atoms with Crippen LogP contribution in [0.1, 0.15) is 65.1 Å². The maximum absolute atomic E-state index is 13.4. The highest BCUT2D eigenvalue weighted by molar-refractivity contribution is 5.94. The van der Waals surface area contributed by atoms with E-state index >= 15 is 0 Å². The number of ether oxygens (including phenoxy) is 1. The number of rotatable bonds is 3. The first-order chi connectivity index (χ1) is 15.0. The SMILES string of the molecule is COc1ccc2cnc(C3CCCN(C(=O)c4n[nH]c5c4CC(C)CC5)C3)cc2c1C. The molecule has 1 saturated heterocycles. The molecule has 1 amide bonds. The number of aromatic nitrogens is 3. The predicted octanol–water partition coefficient (Wildman–Crippen LogP) is 4.42. The number of likely N-dealkylation sites (tertiary alicyclic amines) is 1. The molecule has 1 fully saturated rings. The highest BCUT2D eigenvalue weighted by atomic mass is 16.5. The summed E-state index contributed by atoms with van der Waals surface area (Å²) in [7, 11) is 1.70. The summed E-state index contributed by atoms with van der Waals surface area (Å²) in [4.78, 5) is 20.1. The van der Waals surface area contributed by atoms with Crippen LogP contribution in [0.25, 0.3) is 10.8 Å². The number of aryl methyl sites for hydroxylation is 2. The summed E-state index contributed by atoms with van der Waals surface area (Å²) < 4.78 is 5.50. The lowest BCUT2D eigenvalue weighted by atomic mass is 9.87. The quantitative estimate of drug-likeness (QED) is 0.684. The second-order valence-electron chi connectivity index (χ2n) is 9.19. The number of carbonyl (C=O) groups excluding carboxylic acids is 1. The van der Waals surface area contributed by atoms with Gasteiger partial charge in [-0.1, -0.05) is 6.92 Å². The minimum absolute atomic E-state index is 0.0648. The largest absolute Gasteiger partial charge is 0.496 e. The first-order valence-corrected chi connectivity index (χ1v) is 11.3. The Morgan fingerprint density at radius 2 is 2.16 bits per heavy atom. The van der Waals surface area contributed by atoms with Crippen molar-refractivity contribution in [3.8, 4) is 5.75 Å². The average molecular weight is 419 g/mol. The Morgan fingerprint density at radius 1 is 1.29 bits per heavy atom. The maximum Gasteiger partial charge on any atom is 0.274 e. The van der Waals surface area contributed by atoms with Crippen molar-refractivity contribution < 1.29 is 9.53 Å². The van der Waals surface area contributed by atoms with Gasteiger partial charge < -0.3 is 9.64 Å². The molecule has 0 spiro atoms. The molecule has 2 atom stereocenters. The van der Waals surface area contributed by atoms with Gasteiger partial charge in [0.1, 0.15) is 5.75 Å². The van der Waals surface area contributed by atoms with Crippen molar-refractivity contribution in [3.05, 3.63) is 52.6 Å². The molecule has 1 N–H and O–H groups in total. The van der Waals surface area contributed by atoms with Gasteiger partial charge in [-0.15, -0.1) is 0 Å². The molecule has 5 rings (SSSR count). The van der Waals surface area contributed by atoms with E-state index in [0.29, 0.717) is 18.2 Å². The van der Waals surface area contributed by atoms with Gasteiger partial charge in [0.25, 0.3) is 5.91 Å². The Balaban J connectivity index is 1.40. The third-order valence-corrected chi connectivity index (χ3v) is 7.09. The van der Waals surface area contributed by atoms with Gasteiger partial charge in [-0.05, 0) is 74.1 Å². The minimum Gasteiger partial charge on any atom is -0.496 e. The van der Waals surface area contributed by atoms with Crippen LogP contribution in [0.2, 0.25) is 0 Å². The lowest BCUT2D eigenvalue weighted by Gasteiger charge is -2.32. The number of pyridine rings is 1. The molecule has 6 heteroatoms. The summed E-state index contributed by atoms with van der Waals surface area (Å²) in [6, 6.07) is 6.23. The summed E-state index contributed by atoms with van der Waals surface area (Å²) in [5.74, 6) is 1.80. The lowest BCUT2D eigenvalue weighted by Crippen LogP contribution is -2.40. The van der Waals surface area contributed by atoms with Crippen molar-refractivity contribution in [1.82, 2.24) is 20.1 Å².